The molecule has 0 aromatic heterocycles. The van der Waals surface area contributed by atoms with Gasteiger partial charge in [-0.25, -0.2) is 0 Å². The summed E-state index contributed by atoms with van der Waals surface area (Å²) >= 11 is 0. The van der Waals surface area contributed by atoms with E-state index >= 15 is 0 Å². The van der Waals surface area contributed by atoms with E-state index in [4.69, 9.17) is 4.74 Å². The van der Waals surface area contributed by atoms with Crippen LogP contribution in [0.15, 0.2) is 12.2 Å². The number of aliphatic hydroxyl groups excluding tert-OH is 1. The predicted molar refractivity (Wildman–Crippen MR) is 62.9 cm³/mol. The van der Waals surface area contributed by atoms with Crippen LogP contribution in [0.5, 0.6) is 0 Å². The summed E-state index contributed by atoms with van der Waals surface area (Å²) in [5.41, 5.74) is 1.16. The van der Waals surface area contributed by atoms with Gasteiger partial charge in [-0.1, -0.05) is 5.57 Å². The van der Waals surface area contributed by atoms with E-state index in [-0.39, 0.29) is 6.10 Å². The van der Waals surface area contributed by atoms with Crippen LogP contribution in [0.25, 0.3) is 0 Å². The molecule has 1 fully saturated rings. The SMILES string of the molecule is C=C(C)CCC(O)CCC1CCCCO1. The van der Waals surface area contributed by atoms with Gasteiger partial charge in [-0.3, -0.25) is 0 Å². The summed E-state index contributed by atoms with van der Waals surface area (Å²) in [5, 5.41) is 9.73. The molecule has 0 aromatic rings. The van der Waals surface area contributed by atoms with Gasteiger partial charge in [-0.05, 0) is 51.9 Å². The Kier molecular flexibility index (Phi) is 5.96. The summed E-state index contributed by atoms with van der Waals surface area (Å²) in [6, 6.07) is 0. The molecule has 1 heterocycles. The average molecular weight is 212 g/mol. The van der Waals surface area contributed by atoms with Crippen molar-refractivity contribution in [2.24, 2.45) is 0 Å². The lowest BCUT2D eigenvalue weighted by Gasteiger charge is -2.23. The van der Waals surface area contributed by atoms with Crippen LogP contribution < -0.4 is 0 Å². The van der Waals surface area contributed by atoms with Gasteiger partial charge in [-0.2, -0.15) is 0 Å². The molecule has 1 saturated heterocycles. The molecule has 1 aliphatic rings. The molecule has 1 aliphatic heterocycles. The minimum Gasteiger partial charge on any atom is -0.393 e. The molecule has 0 spiro atoms. The van der Waals surface area contributed by atoms with Crippen LogP contribution >= 0.6 is 0 Å². The van der Waals surface area contributed by atoms with Crippen LogP contribution in [0.2, 0.25) is 0 Å². The summed E-state index contributed by atoms with van der Waals surface area (Å²) < 4.78 is 5.63. The minimum atomic E-state index is -0.174. The second-order valence-corrected chi connectivity index (χ2v) is 4.72. The molecule has 0 radical (unpaired) electrons. The van der Waals surface area contributed by atoms with Crippen molar-refractivity contribution in [1.82, 2.24) is 0 Å². The lowest BCUT2D eigenvalue weighted by molar-refractivity contribution is 0.00178. The summed E-state index contributed by atoms with van der Waals surface area (Å²) in [4.78, 5) is 0. The molecule has 0 aromatic carbocycles. The summed E-state index contributed by atoms with van der Waals surface area (Å²) in [7, 11) is 0. The van der Waals surface area contributed by atoms with Gasteiger partial charge < -0.3 is 9.84 Å². The fourth-order valence-electron chi connectivity index (χ4n) is 1.97. The monoisotopic (exact) mass is 212 g/mol. The Balaban J connectivity index is 2.04. The molecule has 0 amide bonds. The highest BCUT2D eigenvalue weighted by Gasteiger charge is 2.15. The quantitative estimate of drug-likeness (QED) is 0.686. The fraction of sp³-hybridized carbons (Fsp3) is 0.846. The second-order valence-electron chi connectivity index (χ2n) is 4.72. The summed E-state index contributed by atoms with van der Waals surface area (Å²) in [5.74, 6) is 0. The zero-order chi connectivity index (χ0) is 11.1. The molecule has 15 heavy (non-hydrogen) atoms. The molecular weight excluding hydrogens is 188 g/mol. The summed E-state index contributed by atoms with van der Waals surface area (Å²) in [6.45, 7) is 6.76. The van der Waals surface area contributed by atoms with E-state index in [1.54, 1.807) is 0 Å². The van der Waals surface area contributed by atoms with Gasteiger partial charge in [0.1, 0.15) is 0 Å². The van der Waals surface area contributed by atoms with Gasteiger partial charge in [0.2, 0.25) is 0 Å². The maximum Gasteiger partial charge on any atom is 0.0576 e. The van der Waals surface area contributed by atoms with Crippen LogP contribution in [-0.4, -0.2) is 23.9 Å². The van der Waals surface area contributed by atoms with Crippen molar-refractivity contribution in [3.63, 3.8) is 0 Å². The molecule has 2 atom stereocenters. The van der Waals surface area contributed by atoms with E-state index in [2.05, 4.69) is 6.58 Å². The second kappa shape index (κ2) is 7.02. The van der Waals surface area contributed by atoms with E-state index in [0.717, 1.165) is 37.9 Å². The van der Waals surface area contributed by atoms with E-state index < -0.39 is 0 Å². The van der Waals surface area contributed by atoms with Crippen LogP contribution in [0, 0.1) is 0 Å². The molecule has 2 nitrogen and oxygen atoms in total. The molecule has 0 bridgehead atoms. The van der Waals surface area contributed by atoms with Gasteiger partial charge in [0, 0.05) is 6.61 Å². The van der Waals surface area contributed by atoms with E-state index in [0.29, 0.717) is 6.10 Å². The lowest BCUT2D eigenvalue weighted by atomic mass is 10.00. The third kappa shape index (κ3) is 5.95. The zero-order valence-corrected chi connectivity index (χ0v) is 9.87. The predicted octanol–water partition coefficient (Wildman–Crippen LogP) is 3.05. The molecule has 2 heteroatoms. The highest BCUT2D eigenvalue weighted by molar-refractivity contribution is 4.88. The average Bonchev–Trinajstić information content (AvgIpc) is 2.25. The Morgan fingerprint density at radius 2 is 2.27 bits per heavy atom. The normalized spacial score (nSPS) is 23.7. The van der Waals surface area contributed by atoms with E-state index in [1.807, 2.05) is 6.92 Å². The summed E-state index contributed by atoms with van der Waals surface area (Å²) in [6.07, 6.45) is 7.56. The standard InChI is InChI=1S/C13H24O2/c1-11(2)6-7-12(14)8-9-13-5-3-4-10-15-13/h12-14H,1,3-10H2,2H3. The van der Waals surface area contributed by atoms with Crippen molar-refractivity contribution in [3.05, 3.63) is 12.2 Å². The first-order chi connectivity index (χ1) is 7.18. The van der Waals surface area contributed by atoms with Crippen molar-refractivity contribution in [2.75, 3.05) is 6.61 Å². The first kappa shape index (κ1) is 12.7. The highest BCUT2D eigenvalue weighted by Crippen LogP contribution is 2.19. The van der Waals surface area contributed by atoms with Crippen molar-refractivity contribution >= 4 is 0 Å². The van der Waals surface area contributed by atoms with Crippen molar-refractivity contribution in [3.8, 4) is 0 Å². The van der Waals surface area contributed by atoms with Gasteiger partial charge in [0.15, 0.2) is 0 Å². The van der Waals surface area contributed by atoms with Gasteiger partial charge >= 0.3 is 0 Å². The van der Waals surface area contributed by atoms with Gasteiger partial charge in [-0.15, -0.1) is 6.58 Å². The third-order valence-electron chi connectivity index (χ3n) is 3.00. The smallest absolute Gasteiger partial charge is 0.0576 e. The highest BCUT2D eigenvalue weighted by atomic mass is 16.5. The number of rotatable bonds is 6. The van der Waals surface area contributed by atoms with Crippen molar-refractivity contribution in [1.29, 1.82) is 0 Å². The number of aliphatic hydroxyl groups is 1. The number of hydrogen-bond acceptors (Lipinski definition) is 2. The maximum atomic E-state index is 9.73. The fourth-order valence-corrected chi connectivity index (χ4v) is 1.97. The van der Waals surface area contributed by atoms with E-state index in [9.17, 15) is 5.11 Å². The molecule has 1 N–H and O–H groups in total. The minimum absolute atomic E-state index is 0.174. The van der Waals surface area contributed by atoms with E-state index in [1.165, 1.54) is 19.3 Å². The molecular formula is C13H24O2. The Bertz CT molecular complexity index is 183. The lowest BCUT2D eigenvalue weighted by Crippen LogP contribution is -2.21. The maximum absolute atomic E-state index is 9.73. The topological polar surface area (TPSA) is 29.5 Å². The number of ether oxygens (including phenoxy) is 1. The third-order valence-corrected chi connectivity index (χ3v) is 3.00. The molecule has 2 unspecified atom stereocenters. The molecule has 0 saturated carbocycles. The largest absolute Gasteiger partial charge is 0.393 e. The molecule has 0 aliphatic carbocycles. The van der Waals surface area contributed by atoms with Crippen LogP contribution in [0.1, 0.15) is 51.9 Å². The molecule has 1 rings (SSSR count). The number of hydrogen-bond donors (Lipinski definition) is 1. The Morgan fingerprint density at radius 3 is 2.87 bits per heavy atom. The van der Waals surface area contributed by atoms with Crippen LogP contribution in [0.4, 0.5) is 0 Å². The number of allylic oxidation sites excluding steroid dienone is 1. The van der Waals surface area contributed by atoms with Crippen molar-refractivity contribution in [2.45, 2.75) is 64.1 Å². The van der Waals surface area contributed by atoms with Crippen LogP contribution in [0.3, 0.4) is 0 Å². The Hall–Kier alpha value is -0.340. The zero-order valence-electron chi connectivity index (χ0n) is 9.87. The first-order valence-corrected chi connectivity index (χ1v) is 6.12. The Morgan fingerprint density at radius 1 is 1.47 bits per heavy atom. The van der Waals surface area contributed by atoms with Gasteiger partial charge in [0.05, 0.1) is 12.2 Å². The first-order valence-electron chi connectivity index (χ1n) is 6.12. The Labute approximate surface area is 93.3 Å². The van der Waals surface area contributed by atoms with Crippen LogP contribution in [-0.2, 0) is 4.74 Å². The van der Waals surface area contributed by atoms with Gasteiger partial charge in [0.25, 0.3) is 0 Å². The van der Waals surface area contributed by atoms with Crippen molar-refractivity contribution < 1.29 is 9.84 Å². The molecule has 88 valence electrons.